The molecule has 0 amide bonds. The van der Waals surface area contributed by atoms with Gasteiger partial charge >= 0.3 is 0 Å². The zero-order chi connectivity index (χ0) is 21.2. The van der Waals surface area contributed by atoms with Crippen molar-refractivity contribution >= 4 is 5.69 Å². The fourth-order valence-corrected chi connectivity index (χ4v) is 3.73. The van der Waals surface area contributed by atoms with Crippen LogP contribution in [0.5, 0.6) is 5.75 Å². The number of aromatic nitrogens is 3. The maximum absolute atomic E-state index is 6.05. The third-order valence-corrected chi connectivity index (χ3v) is 5.34. The zero-order valence-electron chi connectivity index (χ0n) is 17.4. The van der Waals surface area contributed by atoms with Crippen molar-refractivity contribution in [1.29, 1.82) is 0 Å². The van der Waals surface area contributed by atoms with Gasteiger partial charge < -0.3 is 23.3 Å². The molecule has 0 atom stereocenters. The Morgan fingerprint density at radius 1 is 0.968 bits per heavy atom. The summed E-state index contributed by atoms with van der Waals surface area (Å²) in [5.74, 6) is 2.01. The van der Waals surface area contributed by atoms with Crippen LogP contribution >= 0.6 is 0 Å². The minimum Gasteiger partial charge on any atom is -0.496 e. The van der Waals surface area contributed by atoms with Crippen molar-refractivity contribution in [1.82, 2.24) is 15.4 Å². The molecule has 0 bridgehead atoms. The van der Waals surface area contributed by atoms with E-state index in [-0.39, 0.29) is 0 Å². The molecule has 2 aromatic carbocycles. The Morgan fingerprint density at radius 2 is 1.74 bits per heavy atom. The van der Waals surface area contributed by atoms with Gasteiger partial charge in [0, 0.05) is 30.4 Å². The molecule has 2 aromatic heterocycles. The summed E-state index contributed by atoms with van der Waals surface area (Å²) in [7, 11) is 1.64. The summed E-state index contributed by atoms with van der Waals surface area (Å²) in [5.41, 5.74) is 4.08. The Hall–Kier alpha value is -3.65. The average molecular weight is 418 g/mol. The highest BCUT2D eigenvalue weighted by Crippen LogP contribution is 2.37. The molecule has 5 rings (SSSR count). The summed E-state index contributed by atoms with van der Waals surface area (Å²) in [6.07, 6.45) is 0. The monoisotopic (exact) mass is 418 g/mol. The lowest BCUT2D eigenvalue weighted by Crippen LogP contribution is -2.36. The lowest BCUT2D eigenvalue weighted by Gasteiger charge is -2.29. The standard InChI is InChI=1S/C23H22N4O4/c1-15-20(21(26-31-15)16-6-4-3-5-7-16)23-25-24-22(30-23)18-9-8-17(14-19(18)28-2)27-10-12-29-13-11-27/h3-9,14H,10-13H2,1-2H3. The fourth-order valence-electron chi connectivity index (χ4n) is 3.73. The van der Waals surface area contributed by atoms with Crippen molar-refractivity contribution < 1.29 is 18.4 Å². The Kier molecular flexibility index (Phi) is 5.13. The molecule has 4 aromatic rings. The molecule has 0 aliphatic carbocycles. The van der Waals surface area contributed by atoms with Crippen molar-refractivity contribution in [2.75, 3.05) is 38.3 Å². The van der Waals surface area contributed by atoms with Crippen molar-refractivity contribution in [2.24, 2.45) is 0 Å². The molecule has 0 N–H and O–H groups in total. The normalized spacial score (nSPS) is 14.1. The number of nitrogens with zero attached hydrogens (tertiary/aromatic N) is 4. The number of morpholine rings is 1. The van der Waals surface area contributed by atoms with Crippen molar-refractivity contribution in [3.8, 4) is 39.9 Å². The maximum Gasteiger partial charge on any atom is 0.254 e. The van der Waals surface area contributed by atoms with E-state index in [9.17, 15) is 0 Å². The van der Waals surface area contributed by atoms with Crippen LogP contribution in [-0.4, -0.2) is 48.8 Å². The number of benzene rings is 2. The van der Waals surface area contributed by atoms with Crippen molar-refractivity contribution in [2.45, 2.75) is 6.92 Å². The molecular weight excluding hydrogens is 396 g/mol. The first-order chi connectivity index (χ1) is 15.2. The van der Waals surface area contributed by atoms with Crippen LogP contribution in [0, 0.1) is 6.92 Å². The van der Waals surface area contributed by atoms with Gasteiger partial charge in [-0.05, 0) is 19.1 Å². The van der Waals surface area contributed by atoms with Gasteiger partial charge in [0.05, 0.1) is 25.9 Å². The first kappa shape index (κ1) is 19.3. The molecule has 0 unspecified atom stereocenters. The first-order valence-electron chi connectivity index (χ1n) is 10.1. The highest BCUT2D eigenvalue weighted by Gasteiger charge is 2.23. The highest BCUT2D eigenvalue weighted by atomic mass is 16.5. The molecule has 8 nitrogen and oxygen atoms in total. The summed E-state index contributed by atoms with van der Waals surface area (Å²) in [5, 5.41) is 12.7. The van der Waals surface area contributed by atoms with Crippen molar-refractivity contribution in [3.63, 3.8) is 0 Å². The second kappa shape index (κ2) is 8.23. The topological polar surface area (TPSA) is 86.7 Å². The van der Waals surface area contributed by atoms with Crippen LogP contribution in [0.15, 0.2) is 57.5 Å². The predicted octanol–water partition coefficient (Wildman–Crippen LogP) is 4.21. The molecule has 8 heteroatoms. The van der Waals surface area contributed by atoms with E-state index < -0.39 is 0 Å². The van der Waals surface area contributed by atoms with E-state index in [0.717, 1.165) is 43.1 Å². The van der Waals surface area contributed by atoms with Gasteiger partial charge in [0.2, 0.25) is 0 Å². The first-order valence-corrected chi connectivity index (χ1v) is 10.1. The van der Waals surface area contributed by atoms with E-state index in [1.165, 1.54) is 0 Å². The minimum atomic E-state index is 0.354. The molecule has 0 spiro atoms. The molecule has 3 heterocycles. The molecule has 1 aliphatic heterocycles. The van der Waals surface area contributed by atoms with Gasteiger partial charge in [0.15, 0.2) is 0 Å². The molecule has 1 saturated heterocycles. The Morgan fingerprint density at radius 3 is 2.52 bits per heavy atom. The summed E-state index contributed by atoms with van der Waals surface area (Å²) in [4.78, 5) is 2.27. The van der Waals surface area contributed by atoms with Crippen LogP contribution in [-0.2, 0) is 4.74 Å². The van der Waals surface area contributed by atoms with Crippen LogP contribution < -0.4 is 9.64 Å². The Balaban J connectivity index is 1.50. The number of ether oxygens (including phenoxy) is 2. The van der Waals surface area contributed by atoms with Gasteiger partial charge in [-0.3, -0.25) is 0 Å². The zero-order valence-corrected chi connectivity index (χ0v) is 17.4. The molecular formula is C23H22N4O4. The third kappa shape index (κ3) is 3.66. The van der Waals surface area contributed by atoms with Crippen LogP contribution in [0.25, 0.3) is 34.2 Å². The molecule has 1 aliphatic rings. The SMILES string of the molecule is COc1cc(N2CCOCC2)ccc1-c1nnc(-c2c(-c3ccccc3)noc2C)o1. The second-order valence-corrected chi connectivity index (χ2v) is 7.22. The Bertz CT molecular complexity index is 1180. The van der Waals surface area contributed by atoms with Gasteiger partial charge in [-0.25, -0.2) is 0 Å². The van der Waals surface area contributed by atoms with Crippen LogP contribution in [0.3, 0.4) is 0 Å². The van der Waals surface area contributed by atoms with E-state index in [4.69, 9.17) is 18.4 Å². The van der Waals surface area contributed by atoms with Gasteiger partial charge in [0.25, 0.3) is 11.8 Å². The molecule has 0 radical (unpaired) electrons. The summed E-state index contributed by atoms with van der Waals surface area (Å²) in [6, 6.07) is 15.7. The lowest BCUT2D eigenvalue weighted by atomic mass is 10.1. The second-order valence-electron chi connectivity index (χ2n) is 7.22. The van der Waals surface area contributed by atoms with E-state index in [1.807, 2.05) is 55.5 Å². The molecule has 31 heavy (non-hydrogen) atoms. The molecule has 1 fully saturated rings. The fraction of sp³-hybridized carbons (Fsp3) is 0.261. The van der Waals surface area contributed by atoms with Crippen LogP contribution in [0.1, 0.15) is 5.76 Å². The number of methoxy groups -OCH3 is 1. The quantitative estimate of drug-likeness (QED) is 0.476. The summed E-state index contributed by atoms with van der Waals surface area (Å²) >= 11 is 0. The third-order valence-electron chi connectivity index (χ3n) is 5.34. The lowest BCUT2D eigenvalue weighted by molar-refractivity contribution is 0.122. The Labute approximate surface area is 179 Å². The van der Waals surface area contributed by atoms with Crippen LogP contribution in [0.4, 0.5) is 5.69 Å². The number of rotatable bonds is 5. The van der Waals surface area contributed by atoms with Crippen LogP contribution in [0.2, 0.25) is 0 Å². The van der Waals surface area contributed by atoms with E-state index in [2.05, 4.69) is 20.3 Å². The minimum absolute atomic E-state index is 0.354. The summed E-state index contributed by atoms with van der Waals surface area (Å²) < 4.78 is 22.6. The number of hydrogen-bond donors (Lipinski definition) is 0. The largest absolute Gasteiger partial charge is 0.496 e. The number of anilines is 1. The predicted molar refractivity (Wildman–Crippen MR) is 115 cm³/mol. The van der Waals surface area contributed by atoms with Gasteiger partial charge in [-0.15, -0.1) is 10.2 Å². The van der Waals surface area contributed by atoms with Gasteiger partial charge in [-0.2, -0.15) is 0 Å². The molecule has 0 saturated carbocycles. The van der Waals surface area contributed by atoms with Gasteiger partial charge in [-0.1, -0.05) is 35.5 Å². The van der Waals surface area contributed by atoms with E-state index >= 15 is 0 Å². The maximum atomic E-state index is 6.05. The van der Waals surface area contributed by atoms with E-state index in [0.29, 0.717) is 34.5 Å². The van der Waals surface area contributed by atoms with Gasteiger partial charge in [0.1, 0.15) is 22.8 Å². The summed E-state index contributed by atoms with van der Waals surface area (Å²) in [6.45, 7) is 4.97. The number of hydrogen-bond acceptors (Lipinski definition) is 8. The van der Waals surface area contributed by atoms with Crippen molar-refractivity contribution in [3.05, 3.63) is 54.3 Å². The number of aryl methyl sites for hydroxylation is 1. The molecule has 158 valence electrons. The average Bonchev–Trinajstić information content (AvgIpc) is 3.46. The smallest absolute Gasteiger partial charge is 0.254 e. The highest BCUT2D eigenvalue weighted by molar-refractivity contribution is 5.78. The van der Waals surface area contributed by atoms with E-state index in [1.54, 1.807) is 7.11 Å².